The van der Waals surface area contributed by atoms with Crippen LogP contribution >= 0.6 is 46.9 Å². The van der Waals surface area contributed by atoms with Gasteiger partial charge in [0.05, 0.1) is 0 Å². The largest absolute Gasteiger partial charge is 0.289 e. The lowest BCUT2D eigenvalue weighted by Crippen LogP contribution is -2.19. The van der Waals surface area contributed by atoms with Crippen LogP contribution in [-0.2, 0) is 12.8 Å². The molecule has 0 bridgehead atoms. The Morgan fingerprint density at radius 2 is 1.90 bits per heavy atom. The molecule has 0 fully saturated rings. The van der Waals surface area contributed by atoms with Crippen LogP contribution in [0.4, 0.5) is 0 Å². The predicted octanol–water partition coefficient (Wildman–Crippen LogP) is 6.08. The number of thiazole rings is 1. The summed E-state index contributed by atoms with van der Waals surface area (Å²) < 4.78 is 4.59. The lowest BCUT2D eigenvalue weighted by molar-refractivity contribution is 0.722. The molecule has 0 N–H and O–H groups in total. The van der Waals surface area contributed by atoms with Crippen LogP contribution in [0.5, 0.6) is 0 Å². The van der Waals surface area contributed by atoms with Gasteiger partial charge in [0.1, 0.15) is 4.70 Å². The van der Waals surface area contributed by atoms with Crippen molar-refractivity contribution in [3.8, 4) is 5.69 Å². The molecule has 0 saturated carbocycles. The number of hydrogen-bond acceptors (Lipinski definition) is 5. The summed E-state index contributed by atoms with van der Waals surface area (Å²) in [6, 6.07) is 13.8. The summed E-state index contributed by atoms with van der Waals surface area (Å²) in [6.07, 6.45) is 0. The van der Waals surface area contributed by atoms with Crippen molar-refractivity contribution in [2.45, 2.75) is 24.8 Å². The summed E-state index contributed by atoms with van der Waals surface area (Å²) in [7, 11) is 1.76. The maximum atomic E-state index is 13.0. The molecule has 8 heteroatoms. The highest BCUT2D eigenvalue weighted by Crippen LogP contribution is 2.28. The topological polar surface area (TPSA) is 39.8 Å². The maximum absolute atomic E-state index is 13.0. The molecular formula is C21H18ClN3OS3. The first-order chi connectivity index (χ1) is 13.8. The zero-order chi connectivity index (χ0) is 20.7. The highest BCUT2D eigenvalue weighted by Gasteiger charge is 2.16. The van der Waals surface area contributed by atoms with Gasteiger partial charge in [-0.15, -0.1) is 0 Å². The van der Waals surface area contributed by atoms with Gasteiger partial charge in [-0.05, 0) is 61.5 Å². The Labute approximate surface area is 186 Å². The molecule has 4 rings (SSSR count). The molecule has 0 unspecified atom stereocenters. The summed E-state index contributed by atoms with van der Waals surface area (Å²) in [5, 5.41) is 1.31. The van der Waals surface area contributed by atoms with Gasteiger partial charge in [-0.2, -0.15) is 0 Å². The summed E-state index contributed by atoms with van der Waals surface area (Å²) in [6.45, 7) is 4.18. The SMILES string of the molecule is Cc1ccc(C)c(CSc2nc3c(sc(=S)n3-c3ccc(Cl)cc3)c(=O)n2C)c1. The third kappa shape index (κ3) is 3.92. The van der Waals surface area contributed by atoms with E-state index in [0.29, 0.717) is 24.5 Å². The average Bonchev–Trinajstić information content (AvgIpc) is 3.03. The van der Waals surface area contributed by atoms with E-state index >= 15 is 0 Å². The van der Waals surface area contributed by atoms with Gasteiger partial charge in [0.25, 0.3) is 5.56 Å². The smallest absolute Gasteiger partial charge is 0.273 e. The molecule has 0 aliphatic rings. The van der Waals surface area contributed by atoms with E-state index in [-0.39, 0.29) is 5.56 Å². The fraction of sp³-hybridized carbons (Fsp3) is 0.190. The van der Waals surface area contributed by atoms with Crippen LogP contribution in [0.1, 0.15) is 16.7 Å². The zero-order valence-electron chi connectivity index (χ0n) is 16.1. The molecule has 0 saturated heterocycles. The monoisotopic (exact) mass is 459 g/mol. The van der Waals surface area contributed by atoms with Crippen molar-refractivity contribution in [3.63, 3.8) is 0 Å². The Morgan fingerprint density at radius 3 is 2.62 bits per heavy atom. The second kappa shape index (κ2) is 8.07. The van der Waals surface area contributed by atoms with E-state index in [1.165, 1.54) is 28.0 Å². The number of fused-ring (bicyclic) bond motifs is 1. The molecule has 0 radical (unpaired) electrons. The van der Waals surface area contributed by atoms with Crippen molar-refractivity contribution in [2.24, 2.45) is 7.05 Å². The molecule has 0 aliphatic carbocycles. The second-order valence-electron chi connectivity index (χ2n) is 6.81. The fourth-order valence-corrected chi connectivity index (χ4v) is 5.56. The highest BCUT2D eigenvalue weighted by atomic mass is 35.5. The number of benzene rings is 2. The predicted molar refractivity (Wildman–Crippen MR) is 126 cm³/mol. The molecule has 0 atom stereocenters. The maximum Gasteiger partial charge on any atom is 0.273 e. The molecule has 0 spiro atoms. The summed E-state index contributed by atoms with van der Waals surface area (Å²) in [4.78, 5) is 17.8. The Bertz CT molecular complexity index is 1340. The summed E-state index contributed by atoms with van der Waals surface area (Å²) in [5.41, 5.74) is 5.05. The van der Waals surface area contributed by atoms with Crippen LogP contribution in [0.2, 0.25) is 5.02 Å². The summed E-state index contributed by atoms with van der Waals surface area (Å²) in [5.74, 6) is 0.741. The molecule has 4 aromatic rings. The highest BCUT2D eigenvalue weighted by molar-refractivity contribution is 7.98. The third-order valence-electron chi connectivity index (χ3n) is 4.72. The number of thioether (sulfide) groups is 1. The minimum Gasteiger partial charge on any atom is -0.289 e. The van der Waals surface area contributed by atoms with Crippen LogP contribution in [0, 0.1) is 17.8 Å². The van der Waals surface area contributed by atoms with E-state index in [1.807, 2.05) is 16.7 Å². The third-order valence-corrected chi connectivity index (χ3v) is 7.40. The van der Waals surface area contributed by atoms with Crippen molar-refractivity contribution in [1.82, 2.24) is 14.1 Å². The van der Waals surface area contributed by atoms with E-state index in [4.69, 9.17) is 28.8 Å². The van der Waals surface area contributed by atoms with Gasteiger partial charge in [-0.25, -0.2) is 4.98 Å². The van der Waals surface area contributed by atoms with Gasteiger partial charge in [-0.3, -0.25) is 13.9 Å². The number of halogens is 1. The first-order valence-corrected chi connectivity index (χ1v) is 11.5. The first-order valence-electron chi connectivity index (χ1n) is 8.92. The zero-order valence-corrected chi connectivity index (χ0v) is 19.3. The minimum absolute atomic E-state index is 0.0812. The van der Waals surface area contributed by atoms with E-state index in [9.17, 15) is 4.79 Å². The molecule has 29 heavy (non-hydrogen) atoms. The van der Waals surface area contributed by atoms with Crippen molar-refractivity contribution in [2.75, 3.05) is 0 Å². The molecule has 2 aromatic heterocycles. The summed E-state index contributed by atoms with van der Waals surface area (Å²) >= 11 is 14.4. The van der Waals surface area contributed by atoms with Gasteiger partial charge in [0.2, 0.25) is 0 Å². The van der Waals surface area contributed by atoms with Crippen LogP contribution in [0.15, 0.2) is 52.4 Å². The van der Waals surface area contributed by atoms with Crippen LogP contribution in [0.3, 0.4) is 0 Å². The van der Waals surface area contributed by atoms with E-state index in [0.717, 1.165) is 11.4 Å². The lowest BCUT2D eigenvalue weighted by Gasteiger charge is -2.10. The van der Waals surface area contributed by atoms with Gasteiger partial charge in [0.15, 0.2) is 14.8 Å². The van der Waals surface area contributed by atoms with Gasteiger partial charge in [0, 0.05) is 23.5 Å². The van der Waals surface area contributed by atoms with Crippen molar-refractivity contribution in [3.05, 3.63) is 78.5 Å². The number of rotatable bonds is 4. The minimum atomic E-state index is -0.0812. The van der Waals surface area contributed by atoms with Gasteiger partial charge >= 0.3 is 0 Å². The van der Waals surface area contributed by atoms with Crippen LogP contribution < -0.4 is 5.56 Å². The van der Waals surface area contributed by atoms with Crippen LogP contribution in [0.25, 0.3) is 16.0 Å². The van der Waals surface area contributed by atoms with Crippen molar-refractivity contribution >= 4 is 57.3 Å². The Hall–Kier alpha value is -1.93. The molecule has 4 nitrogen and oxygen atoms in total. The number of aryl methyl sites for hydroxylation is 2. The Morgan fingerprint density at radius 1 is 1.17 bits per heavy atom. The molecule has 148 valence electrons. The normalized spacial score (nSPS) is 11.3. The molecule has 0 amide bonds. The van der Waals surface area contributed by atoms with E-state index < -0.39 is 0 Å². The van der Waals surface area contributed by atoms with E-state index in [1.54, 1.807) is 35.5 Å². The van der Waals surface area contributed by atoms with Crippen LogP contribution in [-0.4, -0.2) is 14.1 Å². The van der Waals surface area contributed by atoms with Gasteiger partial charge < -0.3 is 0 Å². The fourth-order valence-electron chi connectivity index (χ4n) is 3.06. The molecule has 2 aromatic carbocycles. The van der Waals surface area contributed by atoms with E-state index in [2.05, 4.69) is 32.0 Å². The average molecular weight is 460 g/mol. The van der Waals surface area contributed by atoms with Gasteiger partial charge in [-0.1, -0.05) is 58.5 Å². The Balaban J connectivity index is 1.81. The quantitative estimate of drug-likeness (QED) is 0.211. The molecule has 2 heterocycles. The number of aromatic nitrogens is 3. The Kier molecular flexibility index (Phi) is 5.66. The van der Waals surface area contributed by atoms with Crippen molar-refractivity contribution < 1.29 is 0 Å². The standard InChI is InChI=1S/C21H18ClN3OS3/c1-12-4-5-13(2)14(10-12)11-28-20-23-18-17(19(26)24(20)3)29-21(27)25(18)16-8-6-15(22)7-9-16/h4-10H,11H2,1-3H3. The number of hydrogen-bond donors (Lipinski definition) is 0. The number of nitrogens with zero attached hydrogens (tertiary/aromatic N) is 3. The molecular weight excluding hydrogens is 442 g/mol. The lowest BCUT2D eigenvalue weighted by atomic mass is 10.1. The first kappa shape index (κ1) is 20.3. The second-order valence-corrected chi connectivity index (χ2v) is 9.83. The molecule has 0 aliphatic heterocycles. The van der Waals surface area contributed by atoms with Crippen molar-refractivity contribution in [1.29, 1.82) is 0 Å².